The molecule has 2 aromatic carbocycles. The Balaban J connectivity index is 1.68. The van der Waals surface area contributed by atoms with Crippen LogP contribution in [0.15, 0.2) is 60.9 Å². The molecular formula is C22H26O4. The molecule has 0 bridgehead atoms. The third-order valence-electron chi connectivity index (χ3n) is 4.12. The van der Waals surface area contributed by atoms with Crippen LogP contribution in [0.3, 0.4) is 0 Å². The molecule has 0 amide bonds. The van der Waals surface area contributed by atoms with Gasteiger partial charge in [-0.1, -0.05) is 30.3 Å². The Morgan fingerprint density at radius 1 is 1.04 bits per heavy atom. The Bertz CT molecular complexity index is 704. The van der Waals surface area contributed by atoms with Crippen molar-refractivity contribution in [2.45, 2.75) is 38.5 Å². The van der Waals surface area contributed by atoms with Gasteiger partial charge in [0.25, 0.3) is 0 Å². The zero-order valence-corrected chi connectivity index (χ0v) is 15.2. The van der Waals surface area contributed by atoms with Crippen LogP contribution in [0.1, 0.15) is 36.8 Å². The second-order valence-corrected chi connectivity index (χ2v) is 6.08. The first kappa shape index (κ1) is 19.6. The van der Waals surface area contributed by atoms with Crippen molar-refractivity contribution in [1.82, 2.24) is 0 Å². The number of benzene rings is 2. The molecule has 0 heterocycles. The molecule has 0 fully saturated rings. The molecule has 0 saturated carbocycles. The zero-order chi connectivity index (χ0) is 18.6. The van der Waals surface area contributed by atoms with Crippen LogP contribution in [0.4, 0.5) is 0 Å². The molecule has 0 aliphatic carbocycles. The largest absolute Gasteiger partial charge is 0.497 e. The summed E-state index contributed by atoms with van der Waals surface area (Å²) in [4.78, 5) is 10.7. The fourth-order valence-electron chi connectivity index (χ4n) is 2.64. The van der Waals surface area contributed by atoms with Gasteiger partial charge < -0.3 is 14.6 Å². The van der Waals surface area contributed by atoms with Gasteiger partial charge in [-0.15, -0.1) is 0 Å². The maximum Gasteiger partial charge on any atom is 0.303 e. The lowest BCUT2D eigenvalue weighted by Gasteiger charge is -2.07. The summed E-state index contributed by atoms with van der Waals surface area (Å²) < 4.78 is 10.8. The van der Waals surface area contributed by atoms with Crippen molar-refractivity contribution >= 4 is 5.97 Å². The lowest BCUT2D eigenvalue weighted by atomic mass is 10.1. The SMILES string of the molecule is COc1ccc(CCCC/C=C/Oc2ccccc2CCC(=O)O)cc1. The minimum Gasteiger partial charge on any atom is -0.497 e. The van der Waals surface area contributed by atoms with Crippen molar-refractivity contribution in [2.75, 3.05) is 7.11 Å². The van der Waals surface area contributed by atoms with Crippen LogP contribution >= 0.6 is 0 Å². The van der Waals surface area contributed by atoms with Crippen LogP contribution in [0.2, 0.25) is 0 Å². The minimum absolute atomic E-state index is 0.107. The smallest absolute Gasteiger partial charge is 0.303 e. The highest BCUT2D eigenvalue weighted by Crippen LogP contribution is 2.20. The van der Waals surface area contributed by atoms with E-state index in [1.54, 1.807) is 13.4 Å². The number of aliphatic carboxylic acids is 1. The van der Waals surface area contributed by atoms with Gasteiger partial charge in [-0.3, -0.25) is 4.79 Å². The van der Waals surface area contributed by atoms with E-state index in [0.717, 1.165) is 42.7 Å². The molecule has 0 unspecified atom stereocenters. The molecule has 0 aliphatic rings. The van der Waals surface area contributed by atoms with E-state index in [2.05, 4.69) is 12.1 Å². The van der Waals surface area contributed by atoms with Crippen LogP contribution in [0, 0.1) is 0 Å². The number of rotatable bonds is 11. The molecule has 26 heavy (non-hydrogen) atoms. The molecule has 1 N–H and O–H groups in total. The number of carbonyl (C=O) groups is 1. The molecule has 0 aromatic heterocycles. The average molecular weight is 354 g/mol. The third-order valence-corrected chi connectivity index (χ3v) is 4.12. The number of carboxylic acids is 1. The van der Waals surface area contributed by atoms with E-state index >= 15 is 0 Å². The molecule has 0 radical (unpaired) electrons. The monoisotopic (exact) mass is 354 g/mol. The quantitative estimate of drug-likeness (QED) is 0.455. The second kappa shape index (κ2) is 11.0. The van der Waals surface area contributed by atoms with E-state index < -0.39 is 5.97 Å². The van der Waals surface area contributed by atoms with Crippen molar-refractivity contribution < 1.29 is 19.4 Å². The number of aryl methyl sites for hydroxylation is 2. The van der Waals surface area contributed by atoms with Gasteiger partial charge in [-0.05, 0) is 67.5 Å². The van der Waals surface area contributed by atoms with Crippen molar-refractivity contribution in [1.29, 1.82) is 0 Å². The maximum absolute atomic E-state index is 10.7. The summed E-state index contributed by atoms with van der Waals surface area (Å²) in [5, 5.41) is 8.81. The molecule has 2 rings (SSSR count). The van der Waals surface area contributed by atoms with Gasteiger partial charge in [0, 0.05) is 6.42 Å². The summed E-state index contributed by atoms with van der Waals surface area (Å²) in [5.74, 6) is 0.813. The highest BCUT2D eigenvalue weighted by Gasteiger charge is 2.04. The molecule has 0 atom stereocenters. The third kappa shape index (κ3) is 7.01. The lowest BCUT2D eigenvalue weighted by Crippen LogP contribution is -1.99. The number of para-hydroxylation sites is 1. The van der Waals surface area contributed by atoms with Crippen LogP contribution in [0.5, 0.6) is 11.5 Å². The molecule has 138 valence electrons. The molecular weight excluding hydrogens is 328 g/mol. The van der Waals surface area contributed by atoms with Gasteiger partial charge in [0.2, 0.25) is 0 Å². The van der Waals surface area contributed by atoms with Crippen molar-refractivity contribution in [3.63, 3.8) is 0 Å². The number of ether oxygens (including phenoxy) is 2. The van der Waals surface area contributed by atoms with Gasteiger partial charge in [-0.2, -0.15) is 0 Å². The zero-order valence-electron chi connectivity index (χ0n) is 15.2. The first-order chi connectivity index (χ1) is 12.7. The van der Waals surface area contributed by atoms with Crippen molar-refractivity contribution in [2.24, 2.45) is 0 Å². The van der Waals surface area contributed by atoms with E-state index in [1.165, 1.54) is 5.56 Å². The first-order valence-corrected chi connectivity index (χ1v) is 8.93. The van der Waals surface area contributed by atoms with Gasteiger partial charge in [-0.25, -0.2) is 0 Å². The number of hydrogen-bond donors (Lipinski definition) is 1. The van der Waals surface area contributed by atoms with Gasteiger partial charge in [0.15, 0.2) is 0 Å². The molecule has 4 heteroatoms. The lowest BCUT2D eigenvalue weighted by molar-refractivity contribution is -0.136. The fraction of sp³-hybridized carbons (Fsp3) is 0.318. The van der Waals surface area contributed by atoms with Crippen LogP contribution in [0.25, 0.3) is 0 Å². The Labute approximate surface area is 155 Å². The maximum atomic E-state index is 10.7. The topological polar surface area (TPSA) is 55.8 Å². The summed E-state index contributed by atoms with van der Waals surface area (Å²) >= 11 is 0. The minimum atomic E-state index is -0.799. The number of allylic oxidation sites excluding steroid dienone is 1. The summed E-state index contributed by atoms with van der Waals surface area (Å²) in [5.41, 5.74) is 2.23. The number of hydrogen-bond acceptors (Lipinski definition) is 3. The van der Waals surface area contributed by atoms with E-state index in [-0.39, 0.29) is 6.42 Å². The van der Waals surface area contributed by atoms with Crippen molar-refractivity contribution in [3.8, 4) is 11.5 Å². The molecule has 2 aromatic rings. The first-order valence-electron chi connectivity index (χ1n) is 8.93. The summed E-state index contributed by atoms with van der Waals surface area (Å²) in [6.07, 6.45) is 8.51. The highest BCUT2D eigenvalue weighted by molar-refractivity contribution is 5.67. The predicted molar refractivity (Wildman–Crippen MR) is 103 cm³/mol. The Hall–Kier alpha value is -2.75. The van der Waals surface area contributed by atoms with Gasteiger partial charge in [0.05, 0.1) is 13.4 Å². The van der Waals surface area contributed by atoms with E-state index in [9.17, 15) is 4.79 Å². The molecule has 0 aliphatic heterocycles. The Morgan fingerprint density at radius 3 is 2.54 bits per heavy atom. The highest BCUT2D eigenvalue weighted by atomic mass is 16.5. The standard InChI is InChI=1S/C22H26O4/c1-25-20-14-11-18(12-15-20)8-4-2-3-7-17-26-21-10-6-5-9-19(21)13-16-22(23)24/h5-7,9-12,14-15,17H,2-4,8,13,16H2,1H3,(H,23,24)/b17-7+. The van der Waals surface area contributed by atoms with E-state index in [0.29, 0.717) is 6.42 Å². The Kier molecular flexibility index (Phi) is 8.27. The number of unbranched alkanes of at least 4 members (excludes halogenated alkanes) is 2. The number of methoxy groups -OCH3 is 1. The van der Waals surface area contributed by atoms with Crippen LogP contribution in [-0.2, 0) is 17.6 Å². The normalized spacial score (nSPS) is 10.8. The predicted octanol–water partition coefficient (Wildman–Crippen LogP) is 5.02. The number of carboxylic acid groups (broad SMARTS) is 1. The van der Waals surface area contributed by atoms with Gasteiger partial charge in [0.1, 0.15) is 11.5 Å². The van der Waals surface area contributed by atoms with E-state index in [4.69, 9.17) is 14.6 Å². The summed E-state index contributed by atoms with van der Waals surface area (Å²) in [7, 11) is 1.67. The summed E-state index contributed by atoms with van der Waals surface area (Å²) in [6.45, 7) is 0. The van der Waals surface area contributed by atoms with Crippen LogP contribution < -0.4 is 9.47 Å². The second-order valence-electron chi connectivity index (χ2n) is 6.08. The average Bonchev–Trinajstić information content (AvgIpc) is 2.66. The van der Waals surface area contributed by atoms with Crippen molar-refractivity contribution in [3.05, 3.63) is 72.0 Å². The fourth-order valence-corrected chi connectivity index (χ4v) is 2.64. The Morgan fingerprint density at radius 2 is 1.81 bits per heavy atom. The summed E-state index contributed by atoms with van der Waals surface area (Å²) in [6, 6.07) is 15.7. The van der Waals surface area contributed by atoms with E-state index in [1.807, 2.05) is 42.5 Å². The molecule has 0 saturated heterocycles. The molecule has 0 spiro atoms. The van der Waals surface area contributed by atoms with Gasteiger partial charge >= 0.3 is 5.97 Å². The van der Waals surface area contributed by atoms with Crippen LogP contribution in [-0.4, -0.2) is 18.2 Å². The molecule has 4 nitrogen and oxygen atoms in total.